The zero-order chi connectivity index (χ0) is 15.6. The predicted octanol–water partition coefficient (Wildman–Crippen LogP) is 2.25. The van der Waals surface area contributed by atoms with Gasteiger partial charge in [-0.15, -0.1) is 0 Å². The van der Waals surface area contributed by atoms with Crippen molar-refractivity contribution in [3.8, 4) is 0 Å². The number of benzene rings is 1. The van der Waals surface area contributed by atoms with E-state index in [-0.39, 0.29) is 11.9 Å². The summed E-state index contributed by atoms with van der Waals surface area (Å²) in [5.41, 5.74) is 4.56. The first-order chi connectivity index (χ1) is 9.88. The molecule has 0 aliphatic carbocycles. The van der Waals surface area contributed by atoms with Gasteiger partial charge in [0.15, 0.2) is 6.04 Å². The molecule has 3 nitrogen and oxygen atoms in total. The molecule has 1 aliphatic rings. The molecule has 116 valence electrons. The van der Waals surface area contributed by atoms with Crippen molar-refractivity contribution in [1.82, 2.24) is 0 Å². The molecular formula is C18H29N2O+. The van der Waals surface area contributed by atoms with Gasteiger partial charge < -0.3 is 10.2 Å². The number of anilines is 1. The molecule has 0 aromatic heterocycles. The van der Waals surface area contributed by atoms with Crippen LogP contribution < -0.4 is 10.2 Å². The Kier molecular flexibility index (Phi) is 5.04. The highest BCUT2D eigenvalue weighted by Gasteiger charge is 2.35. The summed E-state index contributed by atoms with van der Waals surface area (Å²) in [6, 6.07) is 4.39. The molecule has 1 fully saturated rings. The Bertz CT molecular complexity index is 499. The number of quaternary nitrogens is 1. The summed E-state index contributed by atoms with van der Waals surface area (Å²) in [5, 5.41) is 3.19. The second-order valence-corrected chi connectivity index (χ2v) is 6.96. The Hall–Kier alpha value is -1.35. The Labute approximate surface area is 128 Å². The van der Waals surface area contributed by atoms with Crippen LogP contribution in [0.2, 0.25) is 0 Å². The quantitative estimate of drug-likeness (QED) is 0.876. The van der Waals surface area contributed by atoms with Crippen LogP contribution >= 0.6 is 0 Å². The normalized spacial score (nSPS) is 21.8. The SMILES string of the molecule is Cc1cc(C)c(NC(=O)C2CCC[NH+]2CC(C)C)c(C)c1. The Morgan fingerprint density at radius 1 is 1.29 bits per heavy atom. The van der Waals surface area contributed by atoms with Crippen molar-refractivity contribution in [2.45, 2.75) is 53.5 Å². The van der Waals surface area contributed by atoms with E-state index in [1.807, 2.05) is 0 Å². The number of hydrogen-bond acceptors (Lipinski definition) is 1. The van der Waals surface area contributed by atoms with Gasteiger partial charge in [0.25, 0.3) is 5.91 Å². The van der Waals surface area contributed by atoms with Crippen molar-refractivity contribution in [2.24, 2.45) is 5.92 Å². The molecule has 1 aliphatic heterocycles. The van der Waals surface area contributed by atoms with Gasteiger partial charge in [-0.25, -0.2) is 0 Å². The van der Waals surface area contributed by atoms with E-state index >= 15 is 0 Å². The monoisotopic (exact) mass is 289 g/mol. The molecule has 2 rings (SSSR count). The summed E-state index contributed by atoms with van der Waals surface area (Å²) in [6.45, 7) is 12.9. The van der Waals surface area contributed by atoms with Crippen molar-refractivity contribution in [1.29, 1.82) is 0 Å². The minimum absolute atomic E-state index is 0.118. The zero-order valence-electron chi connectivity index (χ0n) is 14.0. The smallest absolute Gasteiger partial charge is 0.282 e. The molecule has 1 saturated heterocycles. The first-order valence-electron chi connectivity index (χ1n) is 8.11. The van der Waals surface area contributed by atoms with E-state index < -0.39 is 0 Å². The van der Waals surface area contributed by atoms with Gasteiger partial charge in [-0.3, -0.25) is 4.79 Å². The van der Waals surface area contributed by atoms with Crippen LogP contribution in [0.5, 0.6) is 0 Å². The lowest BCUT2D eigenvalue weighted by molar-refractivity contribution is -0.905. The molecule has 1 amide bonds. The fourth-order valence-electron chi connectivity index (χ4n) is 3.58. The van der Waals surface area contributed by atoms with Gasteiger partial charge in [-0.1, -0.05) is 31.5 Å². The number of amides is 1. The van der Waals surface area contributed by atoms with E-state index in [9.17, 15) is 4.79 Å². The molecule has 21 heavy (non-hydrogen) atoms. The van der Waals surface area contributed by atoms with Gasteiger partial charge in [0.2, 0.25) is 0 Å². The number of hydrogen-bond donors (Lipinski definition) is 2. The molecule has 0 radical (unpaired) electrons. The molecule has 1 heterocycles. The summed E-state index contributed by atoms with van der Waals surface area (Å²) < 4.78 is 0. The largest absolute Gasteiger partial charge is 0.324 e. The number of likely N-dealkylation sites (tertiary alicyclic amines) is 1. The Morgan fingerprint density at radius 3 is 2.48 bits per heavy atom. The molecule has 0 saturated carbocycles. The van der Waals surface area contributed by atoms with E-state index in [1.165, 1.54) is 10.5 Å². The predicted molar refractivity (Wildman–Crippen MR) is 87.8 cm³/mol. The van der Waals surface area contributed by atoms with Crippen LogP contribution in [0.3, 0.4) is 0 Å². The highest BCUT2D eigenvalue weighted by Crippen LogP contribution is 2.22. The van der Waals surface area contributed by atoms with Crippen molar-refractivity contribution in [3.05, 3.63) is 28.8 Å². The average molecular weight is 289 g/mol. The fourth-order valence-corrected chi connectivity index (χ4v) is 3.58. The van der Waals surface area contributed by atoms with Gasteiger partial charge in [0.1, 0.15) is 0 Å². The third kappa shape index (κ3) is 3.85. The number of aryl methyl sites for hydroxylation is 3. The Morgan fingerprint density at radius 2 is 1.90 bits per heavy atom. The minimum atomic E-state index is 0.118. The lowest BCUT2D eigenvalue weighted by Crippen LogP contribution is -3.15. The number of carbonyl (C=O) groups is 1. The summed E-state index contributed by atoms with van der Waals surface area (Å²) in [6.07, 6.45) is 2.17. The van der Waals surface area contributed by atoms with Crippen LogP contribution in [0, 0.1) is 26.7 Å². The highest BCUT2D eigenvalue weighted by atomic mass is 16.2. The average Bonchev–Trinajstić information content (AvgIpc) is 2.80. The van der Waals surface area contributed by atoms with Crippen molar-refractivity contribution < 1.29 is 9.69 Å². The minimum Gasteiger partial charge on any atom is -0.324 e. The van der Waals surface area contributed by atoms with Crippen LogP contribution in [0.15, 0.2) is 12.1 Å². The van der Waals surface area contributed by atoms with Crippen LogP contribution in [-0.2, 0) is 4.79 Å². The van der Waals surface area contributed by atoms with E-state index in [0.29, 0.717) is 5.92 Å². The Balaban J connectivity index is 2.11. The zero-order valence-corrected chi connectivity index (χ0v) is 14.0. The lowest BCUT2D eigenvalue weighted by Gasteiger charge is -2.23. The number of carbonyl (C=O) groups excluding carboxylic acids is 1. The fraction of sp³-hybridized carbons (Fsp3) is 0.611. The van der Waals surface area contributed by atoms with Gasteiger partial charge in [-0.05, 0) is 31.9 Å². The van der Waals surface area contributed by atoms with Crippen LogP contribution in [-0.4, -0.2) is 25.0 Å². The summed E-state index contributed by atoms with van der Waals surface area (Å²) in [5.74, 6) is 0.828. The molecule has 1 aromatic carbocycles. The maximum atomic E-state index is 12.7. The van der Waals surface area contributed by atoms with Gasteiger partial charge in [0.05, 0.1) is 13.1 Å². The molecule has 3 heteroatoms. The van der Waals surface area contributed by atoms with E-state index in [2.05, 4.69) is 52.1 Å². The maximum Gasteiger partial charge on any atom is 0.282 e. The lowest BCUT2D eigenvalue weighted by atomic mass is 10.0. The third-order valence-electron chi connectivity index (χ3n) is 4.40. The second kappa shape index (κ2) is 6.61. The van der Waals surface area contributed by atoms with Gasteiger partial charge in [0, 0.05) is 24.4 Å². The summed E-state index contributed by atoms with van der Waals surface area (Å²) >= 11 is 0. The number of rotatable bonds is 4. The van der Waals surface area contributed by atoms with Crippen LogP contribution in [0.1, 0.15) is 43.4 Å². The van der Waals surface area contributed by atoms with Gasteiger partial charge >= 0.3 is 0 Å². The van der Waals surface area contributed by atoms with Gasteiger partial charge in [-0.2, -0.15) is 0 Å². The molecule has 0 bridgehead atoms. The molecule has 2 N–H and O–H groups in total. The van der Waals surface area contributed by atoms with Crippen LogP contribution in [0.25, 0.3) is 0 Å². The van der Waals surface area contributed by atoms with Crippen molar-refractivity contribution >= 4 is 11.6 Å². The molecule has 2 unspecified atom stereocenters. The summed E-state index contributed by atoms with van der Waals surface area (Å²) in [7, 11) is 0. The van der Waals surface area contributed by atoms with Crippen LogP contribution in [0.4, 0.5) is 5.69 Å². The topological polar surface area (TPSA) is 33.5 Å². The van der Waals surface area contributed by atoms with E-state index in [0.717, 1.165) is 42.7 Å². The molecule has 2 atom stereocenters. The third-order valence-corrected chi connectivity index (χ3v) is 4.40. The first kappa shape index (κ1) is 16.0. The van der Waals surface area contributed by atoms with E-state index in [4.69, 9.17) is 0 Å². The summed E-state index contributed by atoms with van der Waals surface area (Å²) in [4.78, 5) is 14.1. The van der Waals surface area contributed by atoms with Crippen molar-refractivity contribution in [2.75, 3.05) is 18.4 Å². The first-order valence-corrected chi connectivity index (χ1v) is 8.11. The molecular weight excluding hydrogens is 260 g/mol. The second-order valence-electron chi connectivity index (χ2n) is 6.96. The number of nitrogens with one attached hydrogen (secondary N) is 2. The van der Waals surface area contributed by atoms with E-state index in [1.54, 1.807) is 0 Å². The van der Waals surface area contributed by atoms with Crippen molar-refractivity contribution in [3.63, 3.8) is 0 Å². The standard InChI is InChI=1S/C18H28N2O/c1-12(2)11-20-8-6-7-16(20)18(21)19-17-14(4)9-13(3)10-15(17)5/h9-10,12,16H,6-8,11H2,1-5H3,(H,19,21)/p+1. The highest BCUT2D eigenvalue weighted by molar-refractivity contribution is 5.95. The molecule has 1 aromatic rings. The molecule has 0 spiro atoms. The maximum absolute atomic E-state index is 12.7.